The molecule has 0 spiro atoms. The smallest absolute Gasteiger partial charge is 0.123 e. The molecule has 0 radical (unpaired) electrons. The Morgan fingerprint density at radius 1 is 1.33 bits per heavy atom. The molecule has 0 saturated carbocycles. The topological polar surface area (TPSA) is 29.5 Å². The highest BCUT2D eigenvalue weighted by Crippen LogP contribution is 2.42. The van der Waals surface area contributed by atoms with Gasteiger partial charge in [-0.2, -0.15) is 0 Å². The average Bonchev–Trinajstić information content (AvgIpc) is 2.13. The minimum absolute atomic E-state index is 0.274. The summed E-state index contributed by atoms with van der Waals surface area (Å²) in [5.74, 6) is 1.84. The van der Waals surface area contributed by atoms with Crippen LogP contribution in [0.5, 0.6) is 11.5 Å². The zero-order valence-electron chi connectivity index (χ0n) is 9.79. The van der Waals surface area contributed by atoms with Crippen molar-refractivity contribution in [3.8, 4) is 11.5 Å². The third-order valence-electron chi connectivity index (χ3n) is 3.25. The van der Waals surface area contributed by atoms with E-state index in [-0.39, 0.29) is 6.10 Å². The minimum atomic E-state index is 0.274. The van der Waals surface area contributed by atoms with Crippen LogP contribution in [0, 0.1) is 13.8 Å². The first-order chi connectivity index (χ1) is 7.00. The number of benzene rings is 1. The van der Waals surface area contributed by atoms with Crippen molar-refractivity contribution in [1.82, 2.24) is 0 Å². The van der Waals surface area contributed by atoms with E-state index in [4.69, 9.17) is 4.74 Å². The summed E-state index contributed by atoms with van der Waals surface area (Å²) < 4.78 is 5.81. The molecular formula is C13H18O2. The van der Waals surface area contributed by atoms with Crippen molar-refractivity contribution in [2.75, 3.05) is 0 Å². The summed E-state index contributed by atoms with van der Waals surface area (Å²) in [6, 6.07) is 1.95. The van der Waals surface area contributed by atoms with E-state index in [1.807, 2.05) is 19.9 Å². The van der Waals surface area contributed by atoms with Crippen LogP contribution in [0.1, 0.15) is 42.9 Å². The summed E-state index contributed by atoms with van der Waals surface area (Å²) in [5.41, 5.74) is 3.05. The van der Waals surface area contributed by atoms with Gasteiger partial charge in [-0.3, -0.25) is 0 Å². The number of aromatic hydroxyl groups is 1. The van der Waals surface area contributed by atoms with Gasteiger partial charge >= 0.3 is 0 Å². The van der Waals surface area contributed by atoms with Crippen molar-refractivity contribution in [2.24, 2.45) is 0 Å². The first kappa shape index (κ1) is 10.3. The van der Waals surface area contributed by atoms with Crippen molar-refractivity contribution < 1.29 is 9.84 Å². The van der Waals surface area contributed by atoms with E-state index >= 15 is 0 Å². The van der Waals surface area contributed by atoms with Crippen molar-refractivity contribution in [1.29, 1.82) is 0 Å². The standard InChI is InChI=1S/C13H18O2/c1-7-5-9(3)15-11-6-8(2)13(14)10(4)12(7)11/h6-7,9,14H,5H2,1-4H3. The second kappa shape index (κ2) is 3.44. The van der Waals surface area contributed by atoms with Crippen molar-refractivity contribution in [2.45, 2.75) is 46.1 Å². The first-order valence-corrected chi connectivity index (χ1v) is 5.50. The molecule has 2 heteroatoms. The van der Waals surface area contributed by atoms with Crippen LogP contribution < -0.4 is 4.74 Å². The highest BCUT2D eigenvalue weighted by Gasteiger charge is 2.26. The van der Waals surface area contributed by atoms with Crippen LogP contribution in [-0.4, -0.2) is 11.2 Å². The maximum absolute atomic E-state index is 9.89. The van der Waals surface area contributed by atoms with Gasteiger partial charge in [0.15, 0.2) is 0 Å². The molecule has 1 N–H and O–H groups in total. The highest BCUT2D eigenvalue weighted by atomic mass is 16.5. The Morgan fingerprint density at radius 3 is 2.67 bits per heavy atom. The van der Waals surface area contributed by atoms with Crippen LogP contribution in [0.2, 0.25) is 0 Å². The molecule has 2 nitrogen and oxygen atoms in total. The second-order valence-electron chi connectivity index (χ2n) is 4.64. The molecule has 1 aliphatic rings. The number of rotatable bonds is 0. The number of phenolic OH excluding ortho intramolecular Hbond substituents is 1. The van der Waals surface area contributed by atoms with Gasteiger partial charge in [0.2, 0.25) is 0 Å². The fraction of sp³-hybridized carbons (Fsp3) is 0.538. The molecule has 0 bridgehead atoms. The van der Waals surface area contributed by atoms with Gasteiger partial charge in [0.1, 0.15) is 11.5 Å². The third-order valence-corrected chi connectivity index (χ3v) is 3.25. The molecular weight excluding hydrogens is 188 g/mol. The van der Waals surface area contributed by atoms with Crippen LogP contribution in [0.3, 0.4) is 0 Å². The van der Waals surface area contributed by atoms with E-state index in [2.05, 4.69) is 13.8 Å². The van der Waals surface area contributed by atoms with Crippen molar-refractivity contribution in [3.05, 3.63) is 22.8 Å². The van der Waals surface area contributed by atoms with Gasteiger partial charge in [0, 0.05) is 5.56 Å². The van der Waals surface area contributed by atoms with Crippen LogP contribution in [0.4, 0.5) is 0 Å². The molecule has 2 unspecified atom stereocenters. The van der Waals surface area contributed by atoms with Crippen LogP contribution in [-0.2, 0) is 0 Å². The van der Waals surface area contributed by atoms with Gasteiger partial charge in [-0.15, -0.1) is 0 Å². The fourth-order valence-corrected chi connectivity index (χ4v) is 2.54. The molecule has 1 aromatic carbocycles. The Morgan fingerprint density at radius 2 is 2.00 bits per heavy atom. The summed E-state index contributed by atoms with van der Waals surface area (Å²) in [6.07, 6.45) is 1.30. The molecule has 15 heavy (non-hydrogen) atoms. The molecule has 1 aromatic rings. The SMILES string of the molecule is Cc1cc2c(c(C)c1O)C(C)CC(C)O2. The highest BCUT2D eigenvalue weighted by molar-refractivity contribution is 5.54. The average molecular weight is 206 g/mol. The largest absolute Gasteiger partial charge is 0.507 e. The molecule has 0 fully saturated rings. The van der Waals surface area contributed by atoms with Gasteiger partial charge in [-0.25, -0.2) is 0 Å². The Bertz CT molecular complexity index is 396. The Kier molecular flexibility index (Phi) is 2.37. The predicted octanol–water partition coefficient (Wildman–Crippen LogP) is 3.28. The Labute approximate surface area is 90.9 Å². The number of aryl methyl sites for hydroxylation is 1. The van der Waals surface area contributed by atoms with Crippen LogP contribution >= 0.6 is 0 Å². The molecule has 1 aliphatic heterocycles. The summed E-state index contributed by atoms with van der Waals surface area (Å²) in [4.78, 5) is 0. The summed E-state index contributed by atoms with van der Waals surface area (Å²) in [5, 5.41) is 9.89. The normalized spacial score (nSPS) is 24.5. The molecule has 2 atom stereocenters. The molecule has 82 valence electrons. The molecule has 1 heterocycles. The molecule has 0 amide bonds. The molecule has 2 rings (SSSR count). The number of phenols is 1. The quantitative estimate of drug-likeness (QED) is 0.705. The number of hydrogen-bond donors (Lipinski definition) is 1. The van der Waals surface area contributed by atoms with Gasteiger partial charge in [-0.1, -0.05) is 6.92 Å². The lowest BCUT2D eigenvalue weighted by molar-refractivity contribution is 0.178. The fourth-order valence-electron chi connectivity index (χ4n) is 2.54. The van der Waals surface area contributed by atoms with Crippen molar-refractivity contribution in [3.63, 3.8) is 0 Å². The number of ether oxygens (including phenoxy) is 1. The van der Waals surface area contributed by atoms with E-state index in [0.29, 0.717) is 11.7 Å². The maximum Gasteiger partial charge on any atom is 0.123 e. The Hall–Kier alpha value is -1.18. The summed E-state index contributed by atoms with van der Waals surface area (Å²) in [7, 11) is 0. The van der Waals surface area contributed by atoms with E-state index in [0.717, 1.165) is 23.3 Å². The van der Waals surface area contributed by atoms with Gasteiger partial charge < -0.3 is 9.84 Å². The van der Waals surface area contributed by atoms with Crippen LogP contribution in [0.25, 0.3) is 0 Å². The lowest BCUT2D eigenvalue weighted by atomic mass is 9.87. The van der Waals surface area contributed by atoms with Crippen molar-refractivity contribution >= 4 is 0 Å². The number of hydrogen-bond acceptors (Lipinski definition) is 2. The van der Waals surface area contributed by atoms with Gasteiger partial charge in [-0.05, 0) is 50.3 Å². The lowest BCUT2D eigenvalue weighted by Gasteiger charge is -2.30. The first-order valence-electron chi connectivity index (χ1n) is 5.50. The van der Waals surface area contributed by atoms with Gasteiger partial charge in [0.05, 0.1) is 6.10 Å². The van der Waals surface area contributed by atoms with E-state index in [1.54, 1.807) is 0 Å². The third kappa shape index (κ3) is 1.58. The second-order valence-corrected chi connectivity index (χ2v) is 4.64. The molecule has 0 aromatic heterocycles. The number of fused-ring (bicyclic) bond motifs is 1. The predicted molar refractivity (Wildman–Crippen MR) is 60.7 cm³/mol. The zero-order valence-corrected chi connectivity index (χ0v) is 9.79. The van der Waals surface area contributed by atoms with Gasteiger partial charge in [0.25, 0.3) is 0 Å². The Balaban J connectivity index is 2.60. The van der Waals surface area contributed by atoms with E-state index < -0.39 is 0 Å². The zero-order chi connectivity index (χ0) is 11.2. The summed E-state index contributed by atoms with van der Waals surface area (Å²) >= 11 is 0. The summed E-state index contributed by atoms with van der Waals surface area (Å²) in [6.45, 7) is 8.17. The molecule has 0 aliphatic carbocycles. The monoisotopic (exact) mass is 206 g/mol. The minimum Gasteiger partial charge on any atom is -0.507 e. The lowest BCUT2D eigenvalue weighted by Crippen LogP contribution is -2.22. The van der Waals surface area contributed by atoms with Crippen LogP contribution in [0.15, 0.2) is 6.07 Å². The molecule has 0 saturated heterocycles. The van der Waals surface area contributed by atoms with E-state index in [9.17, 15) is 5.11 Å². The van der Waals surface area contributed by atoms with E-state index in [1.165, 1.54) is 5.56 Å². The maximum atomic E-state index is 9.89.